The van der Waals surface area contributed by atoms with Crippen LogP contribution in [-0.4, -0.2) is 30.8 Å². The normalized spacial score (nSPS) is 15.1. The molecule has 12 heavy (non-hydrogen) atoms. The van der Waals surface area contributed by atoms with Crippen molar-refractivity contribution in [1.29, 1.82) is 0 Å². The molecule has 1 atom stereocenters. The molecule has 0 saturated carbocycles. The monoisotopic (exact) mass is 195 g/mol. The zero-order chi connectivity index (χ0) is 9.78. The van der Waals surface area contributed by atoms with Crippen LogP contribution in [0.15, 0.2) is 0 Å². The Hall–Kier alpha value is -0.130. The summed E-state index contributed by atoms with van der Waals surface area (Å²) < 4.78 is 29.1. The fourth-order valence-corrected chi connectivity index (χ4v) is 1.63. The zero-order valence-electron chi connectivity index (χ0n) is 7.74. The molecule has 0 aromatic carbocycles. The Bertz CT molecular complexity index is 211. The summed E-state index contributed by atoms with van der Waals surface area (Å²) in [5.74, 6) is -0.173. The Labute approximate surface area is 74.1 Å². The lowest BCUT2D eigenvalue weighted by atomic mass is 10.2. The molecule has 0 fully saturated rings. The lowest BCUT2D eigenvalue weighted by molar-refractivity contribution is 0.454. The van der Waals surface area contributed by atoms with Crippen molar-refractivity contribution in [1.82, 2.24) is 5.32 Å². The molecule has 0 radical (unpaired) electrons. The summed E-state index contributed by atoms with van der Waals surface area (Å²) in [5, 5.41) is 3.14. The van der Waals surface area contributed by atoms with Crippen LogP contribution in [0.3, 0.4) is 0 Å². The Morgan fingerprint density at radius 2 is 1.83 bits per heavy atom. The second kappa shape index (κ2) is 4.79. The molecular formula is C7H17NO3S. The second-order valence-corrected chi connectivity index (χ2v) is 4.87. The maximum Gasteiger partial charge on any atom is 0.264 e. The van der Waals surface area contributed by atoms with Crippen molar-refractivity contribution in [2.45, 2.75) is 39.3 Å². The summed E-state index contributed by atoms with van der Waals surface area (Å²) >= 11 is 0. The van der Waals surface area contributed by atoms with Gasteiger partial charge in [0.15, 0.2) is 0 Å². The van der Waals surface area contributed by atoms with Crippen LogP contribution < -0.4 is 5.32 Å². The van der Waals surface area contributed by atoms with Gasteiger partial charge < -0.3 is 5.32 Å². The van der Waals surface area contributed by atoms with Crippen molar-refractivity contribution in [3.05, 3.63) is 0 Å². The van der Waals surface area contributed by atoms with Crippen molar-refractivity contribution < 1.29 is 13.0 Å². The fourth-order valence-electron chi connectivity index (χ4n) is 0.978. The zero-order valence-corrected chi connectivity index (χ0v) is 8.56. The lowest BCUT2D eigenvalue weighted by Crippen LogP contribution is -2.33. The van der Waals surface area contributed by atoms with Gasteiger partial charge in [-0.1, -0.05) is 13.8 Å². The van der Waals surface area contributed by atoms with E-state index in [1.807, 2.05) is 20.8 Å². The molecule has 0 amide bonds. The fraction of sp³-hybridized carbons (Fsp3) is 1.00. The average molecular weight is 195 g/mol. The predicted molar refractivity (Wildman–Crippen MR) is 48.8 cm³/mol. The van der Waals surface area contributed by atoms with E-state index >= 15 is 0 Å². The van der Waals surface area contributed by atoms with Gasteiger partial charge >= 0.3 is 0 Å². The summed E-state index contributed by atoms with van der Waals surface area (Å²) in [7, 11) is -3.79. The van der Waals surface area contributed by atoms with Crippen LogP contribution in [-0.2, 0) is 10.1 Å². The van der Waals surface area contributed by atoms with E-state index in [-0.39, 0.29) is 11.8 Å². The maximum atomic E-state index is 10.3. The number of hydrogen-bond acceptors (Lipinski definition) is 3. The minimum Gasteiger partial charge on any atom is -0.312 e. The summed E-state index contributed by atoms with van der Waals surface area (Å²) in [4.78, 5) is 0. The van der Waals surface area contributed by atoms with Crippen molar-refractivity contribution >= 4 is 10.1 Å². The third kappa shape index (κ3) is 7.97. The van der Waals surface area contributed by atoms with E-state index in [1.165, 1.54) is 0 Å². The first-order valence-corrected chi connectivity index (χ1v) is 5.63. The molecular weight excluding hydrogens is 178 g/mol. The summed E-state index contributed by atoms with van der Waals surface area (Å²) in [6, 6.07) is 0.452. The van der Waals surface area contributed by atoms with Gasteiger partial charge in [-0.2, -0.15) is 8.42 Å². The van der Waals surface area contributed by atoms with Crippen molar-refractivity contribution in [3.8, 4) is 0 Å². The highest BCUT2D eigenvalue weighted by Gasteiger charge is 2.09. The van der Waals surface area contributed by atoms with Crippen LogP contribution in [0.4, 0.5) is 0 Å². The first-order valence-electron chi connectivity index (χ1n) is 4.02. The van der Waals surface area contributed by atoms with Gasteiger partial charge in [0, 0.05) is 12.1 Å². The van der Waals surface area contributed by atoms with E-state index in [4.69, 9.17) is 4.55 Å². The second-order valence-electron chi connectivity index (χ2n) is 3.30. The SMILES string of the molecule is CC(C)NC(C)CCS(=O)(=O)O. The van der Waals surface area contributed by atoms with Gasteiger partial charge in [0.05, 0.1) is 5.75 Å². The van der Waals surface area contributed by atoms with E-state index in [9.17, 15) is 8.42 Å². The summed E-state index contributed by atoms with van der Waals surface area (Å²) in [6.45, 7) is 5.87. The van der Waals surface area contributed by atoms with Gasteiger partial charge in [0.1, 0.15) is 0 Å². The largest absolute Gasteiger partial charge is 0.312 e. The molecule has 0 aliphatic carbocycles. The van der Waals surface area contributed by atoms with Gasteiger partial charge in [-0.25, -0.2) is 0 Å². The molecule has 2 N–H and O–H groups in total. The highest BCUT2D eigenvalue weighted by molar-refractivity contribution is 7.85. The minimum atomic E-state index is -3.79. The average Bonchev–Trinajstić information content (AvgIpc) is 1.80. The van der Waals surface area contributed by atoms with E-state index in [0.717, 1.165) is 0 Å². The van der Waals surface area contributed by atoms with Crippen molar-refractivity contribution in [3.63, 3.8) is 0 Å². The van der Waals surface area contributed by atoms with Gasteiger partial charge in [0.25, 0.3) is 10.1 Å². The molecule has 74 valence electrons. The lowest BCUT2D eigenvalue weighted by Gasteiger charge is -2.15. The van der Waals surface area contributed by atoms with Gasteiger partial charge in [0.2, 0.25) is 0 Å². The highest BCUT2D eigenvalue weighted by Crippen LogP contribution is 1.96. The Kier molecular flexibility index (Phi) is 4.74. The van der Waals surface area contributed by atoms with Crippen LogP contribution in [0.2, 0.25) is 0 Å². The maximum absolute atomic E-state index is 10.3. The standard InChI is InChI=1S/C7H17NO3S/c1-6(2)8-7(3)4-5-12(9,10)11/h6-8H,4-5H2,1-3H3,(H,9,10,11). The molecule has 0 aliphatic rings. The van der Waals surface area contributed by atoms with Gasteiger partial charge in [-0.3, -0.25) is 4.55 Å². The van der Waals surface area contributed by atoms with Crippen LogP contribution >= 0.6 is 0 Å². The predicted octanol–water partition coefficient (Wildman–Crippen LogP) is 0.651. The van der Waals surface area contributed by atoms with E-state index in [1.54, 1.807) is 0 Å². The Morgan fingerprint density at radius 1 is 1.33 bits per heavy atom. The van der Waals surface area contributed by atoms with Crippen molar-refractivity contribution in [2.75, 3.05) is 5.75 Å². The van der Waals surface area contributed by atoms with Crippen molar-refractivity contribution in [2.24, 2.45) is 0 Å². The molecule has 4 nitrogen and oxygen atoms in total. The highest BCUT2D eigenvalue weighted by atomic mass is 32.2. The quantitative estimate of drug-likeness (QED) is 0.632. The third-order valence-electron chi connectivity index (χ3n) is 1.43. The number of hydrogen-bond donors (Lipinski definition) is 2. The van der Waals surface area contributed by atoms with Crippen LogP contribution in [0.1, 0.15) is 27.2 Å². The van der Waals surface area contributed by atoms with E-state index in [2.05, 4.69) is 5.32 Å². The van der Waals surface area contributed by atoms with E-state index < -0.39 is 10.1 Å². The molecule has 0 aromatic rings. The molecule has 0 aliphatic heterocycles. The molecule has 1 unspecified atom stereocenters. The topological polar surface area (TPSA) is 66.4 Å². The molecule has 0 bridgehead atoms. The van der Waals surface area contributed by atoms with E-state index in [0.29, 0.717) is 12.5 Å². The summed E-state index contributed by atoms with van der Waals surface area (Å²) in [6.07, 6.45) is 0.441. The van der Waals surface area contributed by atoms with Gasteiger partial charge in [-0.15, -0.1) is 0 Å². The van der Waals surface area contributed by atoms with Crippen LogP contribution in [0.25, 0.3) is 0 Å². The smallest absolute Gasteiger partial charge is 0.264 e. The Balaban J connectivity index is 3.65. The summed E-state index contributed by atoms with van der Waals surface area (Å²) in [5.41, 5.74) is 0. The Morgan fingerprint density at radius 3 is 2.17 bits per heavy atom. The number of nitrogens with one attached hydrogen (secondary N) is 1. The third-order valence-corrected chi connectivity index (χ3v) is 2.18. The van der Waals surface area contributed by atoms with Crippen LogP contribution in [0, 0.1) is 0 Å². The molecule has 0 spiro atoms. The molecule has 0 aromatic heterocycles. The minimum absolute atomic E-state index is 0.118. The molecule has 5 heteroatoms. The van der Waals surface area contributed by atoms with Crippen LogP contribution in [0.5, 0.6) is 0 Å². The van der Waals surface area contributed by atoms with Gasteiger partial charge in [-0.05, 0) is 13.3 Å². The molecule has 0 saturated heterocycles. The first kappa shape index (κ1) is 11.9. The molecule has 0 rings (SSSR count). The number of rotatable bonds is 5. The molecule has 0 heterocycles. The first-order chi connectivity index (χ1) is 5.31.